The number of phenols is 1. The maximum absolute atomic E-state index is 16.5. The second-order valence-corrected chi connectivity index (χ2v) is 15.9. The molecule has 1 amide bonds. The minimum atomic E-state index is -1.05. The number of benzene rings is 2. The number of carbonyl (C=O) groups excluding carboxylic acids is 2. The Morgan fingerprint density at radius 1 is 1.03 bits per heavy atom. The topological polar surface area (TPSA) is 140 Å². The van der Waals surface area contributed by atoms with Gasteiger partial charge >= 0.3 is 18.1 Å². The Morgan fingerprint density at radius 2 is 1.80 bits per heavy atom. The van der Waals surface area contributed by atoms with Crippen LogP contribution in [0.25, 0.3) is 32.9 Å². The van der Waals surface area contributed by atoms with Gasteiger partial charge in [0.2, 0.25) is 6.29 Å². The third kappa shape index (κ3) is 8.27. The van der Waals surface area contributed by atoms with E-state index in [4.69, 9.17) is 25.4 Å². The van der Waals surface area contributed by atoms with Crippen molar-refractivity contribution in [3.8, 4) is 35.4 Å². The molecule has 16 heteroatoms. The van der Waals surface area contributed by atoms with Crippen LogP contribution in [0.5, 0.6) is 11.8 Å². The molecule has 1 N–H and O–H groups in total. The van der Waals surface area contributed by atoms with Crippen molar-refractivity contribution < 1.29 is 46.8 Å². The number of pyridine rings is 1. The number of aromatic hydroxyl groups is 1. The molecule has 7 heterocycles. The summed E-state index contributed by atoms with van der Waals surface area (Å²) in [4.78, 5) is 44.9. The summed E-state index contributed by atoms with van der Waals surface area (Å²) >= 11 is 0. The summed E-state index contributed by atoms with van der Waals surface area (Å²) in [5.41, 5.74) is -0.284. The van der Waals surface area contributed by atoms with Crippen LogP contribution in [0, 0.1) is 29.9 Å². The number of methoxy groups -OCH3 is 1. The molecule has 5 aliphatic rings. The summed E-state index contributed by atoms with van der Waals surface area (Å²) in [5, 5.41) is 11.4. The molecule has 0 aliphatic carbocycles. The molecule has 13 nitrogen and oxygen atoms in total. The maximum atomic E-state index is 16.5. The van der Waals surface area contributed by atoms with Gasteiger partial charge in [0, 0.05) is 69.4 Å². The number of amides is 1. The SMILES string of the molecule is C#Cc1c(F)ccc2cc(O)cc(-c3ncc4c(N5CC6CCC(C5)N6C(=O)OC(C)OC(=O)CC5CCOCC5)nc(OC)nc4c3F)c12.F[C@@H]1CC2CCCN2C1. The monoisotopic (exact) mass is 816 g/mol. The van der Waals surface area contributed by atoms with Crippen LogP contribution in [0.15, 0.2) is 30.5 Å². The number of fused-ring (bicyclic) bond motifs is 5. The van der Waals surface area contributed by atoms with Crippen LogP contribution in [0.4, 0.5) is 23.8 Å². The fourth-order valence-corrected chi connectivity index (χ4v) is 9.34. The number of terminal acetylenes is 1. The standard InChI is InChI=1S/C36H35F2N5O7.C7H12FN/c1-4-25-28(37)8-5-21-14-24(44)15-26(30(21)25)32-31(38)33-27(16-39-32)34(41-35(40-33)47-3)42-17-22-6-7-23(18-42)43(22)36(46)50-19(2)49-29(45)13-20-9-11-48-12-10-20;8-6-4-7-2-1-3-9(7)5-6/h1,5,8,14-16,19-20,22-23,44H,6-7,9-13,17-18H2,2-3H3;6-7H,1-5H2/t;6-,7?/m.1/s1. The molecular weight excluding hydrogens is 770 g/mol. The first-order chi connectivity index (χ1) is 28.5. The van der Waals surface area contributed by atoms with E-state index < -0.39 is 36.2 Å². The molecule has 59 heavy (non-hydrogen) atoms. The summed E-state index contributed by atoms with van der Waals surface area (Å²) in [6.45, 7) is 5.32. The number of hydrogen-bond donors (Lipinski definition) is 1. The van der Waals surface area contributed by atoms with Gasteiger partial charge in [-0.1, -0.05) is 12.0 Å². The number of carbonyl (C=O) groups is 2. The van der Waals surface area contributed by atoms with Crippen molar-refractivity contribution in [2.45, 2.75) is 88.9 Å². The molecule has 312 valence electrons. The van der Waals surface area contributed by atoms with E-state index in [-0.39, 0.29) is 63.9 Å². The van der Waals surface area contributed by atoms with Crippen molar-refractivity contribution in [1.29, 1.82) is 0 Å². The Morgan fingerprint density at radius 3 is 2.51 bits per heavy atom. The number of halogens is 3. The lowest BCUT2D eigenvalue weighted by Gasteiger charge is -2.41. The van der Waals surface area contributed by atoms with Gasteiger partial charge in [0.15, 0.2) is 5.82 Å². The average molecular weight is 817 g/mol. The second-order valence-electron chi connectivity index (χ2n) is 15.9. The van der Waals surface area contributed by atoms with Crippen molar-refractivity contribution in [3.63, 3.8) is 0 Å². The second kappa shape index (κ2) is 17.1. The lowest BCUT2D eigenvalue weighted by molar-refractivity contribution is -0.168. The number of aromatic nitrogens is 3. The number of anilines is 1. The Kier molecular flexibility index (Phi) is 11.7. The van der Waals surface area contributed by atoms with E-state index in [1.807, 2.05) is 4.90 Å². The van der Waals surface area contributed by atoms with Crippen molar-refractivity contribution in [1.82, 2.24) is 24.8 Å². The maximum Gasteiger partial charge on any atom is 0.413 e. The molecule has 9 rings (SSSR count). The normalized spacial score (nSPS) is 23.4. The number of ether oxygens (including phenoxy) is 4. The van der Waals surface area contributed by atoms with Crippen LogP contribution in [-0.4, -0.2) is 119 Å². The molecule has 0 spiro atoms. The third-order valence-electron chi connectivity index (χ3n) is 12.1. The Hall–Kier alpha value is -5.40. The number of hydrogen-bond acceptors (Lipinski definition) is 12. The minimum Gasteiger partial charge on any atom is -0.508 e. The zero-order chi connectivity index (χ0) is 41.4. The first-order valence-electron chi connectivity index (χ1n) is 20.2. The van der Waals surface area contributed by atoms with Gasteiger partial charge in [-0.25, -0.2) is 18.0 Å². The molecule has 5 fully saturated rings. The zero-order valence-corrected chi connectivity index (χ0v) is 33.0. The van der Waals surface area contributed by atoms with Crippen LogP contribution >= 0.6 is 0 Å². The first kappa shape index (κ1) is 40.4. The van der Waals surface area contributed by atoms with Gasteiger partial charge in [-0.05, 0) is 81.0 Å². The van der Waals surface area contributed by atoms with Gasteiger partial charge in [0.1, 0.15) is 34.8 Å². The lowest BCUT2D eigenvalue weighted by Crippen LogP contribution is -2.56. The van der Waals surface area contributed by atoms with E-state index in [9.17, 15) is 23.5 Å². The molecular formula is C43H47F3N6O7. The highest BCUT2D eigenvalue weighted by Gasteiger charge is 2.45. The molecule has 0 radical (unpaired) electrons. The Labute approximate surface area is 339 Å². The Balaban J connectivity index is 0.000000471. The van der Waals surface area contributed by atoms with Crippen molar-refractivity contribution in [3.05, 3.63) is 47.7 Å². The number of phenolic OH excluding ortho intramolecular Hbond substituents is 1. The largest absolute Gasteiger partial charge is 0.508 e. The van der Waals surface area contributed by atoms with Crippen molar-refractivity contribution >= 4 is 39.6 Å². The molecule has 4 aromatic rings. The van der Waals surface area contributed by atoms with Crippen molar-refractivity contribution in [2.24, 2.45) is 5.92 Å². The average Bonchev–Trinajstić information content (AvgIpc) is 3.88. The van der Waals surface area contributed by atoms with E-state index >= 15 is 4.39 Å². The minimum absolute atomic E-state index is 0.0887. The van der Waals surface area contributed by atoms with Crippen LogP contribution in [0.3, 0.4) is 0 Å². The fraction of sp³-hybridized carbons (Fsp3) is 0.512. The van der Waals surface area contributed by atoms with Gasteiger partial charge in [0.05, 0.1) is 30.1 Å². The highest BCUT2D eigenvalue weighted by Crippen LogP contribution is 2.40. The molecule has 5 aliphatic heterocycles. The zero-order valence-electron chi connectivity index (χ0n) is 33.0. The van der Waals surface area contributed by atoms with E-state index in [0.717, 1.165) is 25.8 Å². The van der Waals surface area contributed by atoms with Crippen LogP contribution in [0.1, 0.15) is 63.9 Å². The van der Waals surface area contributed by atoms with E-state index in [2.05, 4.69) is 25.8 Å². The first-order valence-corrected chi connectivity index (χ1v) is 20.2. The Bertz CT molecular complexity index is 2260. The van der Waals surface area contributed by atoms with Crippen molar-refractivity contribution in [2.75, 3.05) is 51.4 Å². The summed E-state index contributed by atoms with van der Waals surface area (Å²) in [7, 11) is 1.37. The molecule has 5 atom stereocenters. The van der Waals surface area contributed by atoms with Gasteiger partial charge < -0.3 is 29.0 Å². The lowest BCUT2D eigenvalue weighted by atomic mass is 9.96. The molecule has 2 aromatic carbocycles. The number of rotatable bonds is 7. The fourth-order valence-electron chi connectivity index (χ4n) is 9.34. The van der Waals surface area contributed by atoms with E-state index in [1.165, 1.54) is 57.3 Å². The summed E-state index contributed by atoms with van der Waals surface area (Å²) < 4.78 is 65.5. The predicted molar refractivity (Wildman–Crippen MR) is 212 cm³/mol. The quantitative estimate of drug-likeness (QED) is 0.124. The van der Waals surface area contributed by atoms with Gasteiger partial charge in [-0.2, -0.15) is 9.97 Å². The van der Waals surface area contributed by atoms with E-state index in [1.54, 1.807) is 4.90 Å². The molecule has 2 aromatic heterocycles. The summed E-state index contributed by atoms with van der Waals surface area (Å²) in [6, 6.07) is 5.33. The number of esters is 1. The summed E-state index contributed by atoms with van der Waals surface area (Å²) in [5.74, 6) is 0.776. The molecule has 5 saturated heterocycles. The van der Waals surface area contributed by atoms with Crippen LogP contribution in [-0.2, 0) is 19.0 Å². The predicted octanol–water partition coefficient (Wildman–Crippen LogP) is 6.51. The summed E-state index contributed by atoms with van der Waals surface area (Å²) in [6.07, 6.45) is 11.5. The highest BCUT2D eigenvalue weighted by atomic mass is 19.1. The molecule has 0 saturated carbocycles. The van der Waals surface area contributed by atoms with Crippen LogP contribution < -0.4 is 9.64 Å². The molecule has 4 unspecified atom stereocenters. The van der Waals surface area contributed by atoms with Gasteiger partial charge in [-0.15, -0.1) is 6.42 Å². The number of piperazine rings is 1. The highest BCUT2D eigenvalue weighted by molar-refractivity contribution is 6.03. The van der Waals surface area contributed by atoms with E-state index in [0.29, 0.717) is 68.3 Å². The molecule has 2 bridgehead atoms. The smallest absolute Gasteiger partial charge is 0.413 e. The number of nitrogens with zero attached hydrogens (tertiary/aromatic N) is 6. The van der Waals surface area contributed by atoms with Gasteiger partial charge in [-0.3, -0.25) is 19.6 Å². The third-order valence-corrected chi connectivity index (χ3v) is 12.1. The van der Waals surface area contributed by atoms with Gasteiger partial charge in [0.25, 0.3) is 0 Å². The van der Waals surface area contributed by atoms with Crippen LogP contribution in [0.2, 0.25) is 0 Å². The number of alkyl halides is 1.